The molecule has 2 atom stereocenters. The van der Waals surface area contributed by atoms with Crippen molar-refractivity contribution in [1.29, 1.82) is 0 Å². The van der Waals surface area contributed by atoms with E-state index in [1.54, 1.807) is 6.20 Å². The quantitative estimate of drug-likeness (QED) is 0.942. The van der Waals surface area contributed by atoms with Crippen molar-refractivity contribution in [2.75, 3.05) is 13.1 Å². The second kappa shape index (κ2) is 6.32. The highest BCUT2D eigenvalue weighted by Gasteiger charge is 2.29. The molecule has 5 heteroatoms. The summed E-state index contributed by atoms with van der Waals surface area (Å²) in [6, 6.07) is 10.1. The molecule has 2 unspecified atom stereocenters. The lowest BCUT2D eigenvalue weighted by molar-refractivity contribution is -0.144. The molecule has 1 aliphatic heterocycles. The zero-order valence-corrected chi connectivity index (χ0v) is 12.7. The fraction of sp³-hybridized carbons (Fsp3) is 0.412. The first-order valence-electron chi connectivity index (χ1n) is 7.66. The van der Waals surface area contributed by atoms with Crippen molar-refractivity contribution < 1.29 is 9.90 Å². The molecular weight excluding hydrogens is 278 g/mol. The molecule has 116 valence electrons. The zero-order valence-electron chi connectivity index (χ0n) is 12.7. The largest absolute Gasteiger partial charge is 0.481 e. The van der Waals surface area contributed by atoms with E-state index in [9.17, 15) is 9.90 Å². The Morgan fingerprint density at radius 2 is 2.09 bits per heavy atom. The van der Waals surface area contributed by atoms with Gasteiger partial charge in [-0.05, 0) is 24.5 Å². The average Bonchev–Trinajstić information content (AvgIpc) is 2.95. The van der Waals surface area contributed by atoms with Crippen LogP contribution in [0.25, 0.3) is 5.69 Å². The predicted molar refractivity (Wildman–Crippen MR) is 83.7 cm³/mol. The van der Waals surface area contributed by atoms with Crippen molar-refractivity contribution in [3.63, 3.8) is 0 Å². The normalized spacial score (nSPS) is 22.6. The van der Waals surface area contributed by atoms with E-state index in [1.165, 1.54) is 0 Å². The van der Waals surface area contributed by atoms with Crippen LogP contribution in [0.2, 0.25) is 0 Å². The van der Waals surface area contributed by atoms with Gasteiger partial charge in [-0.3, -0.25) is 9.69 Å². The van der Waals surface area contributed by atoms with Crippen LogP contribution >= 0.6 is 0 Å². The maximum absolute atomic E-state index is 11.3. The van der Waals surface area contributed by atoms with Gasteiger partial charge >= 0.3 is 5.97 Å². The SMILES string of the molecule is CC1CC(C(=O)O)CN(Cc2nccn2-c2ccccc2)C1. The minimum Gasteiger partial charge on any atom is -0.481 e. The van der Waals surface area contributed by atoms with Gasteiger partial charge in [0, 0.05) is 31.2 Å². The standard InChI is InChI=1S/C17H21N3O2/c1-13-9-14(17(21)22)11-19(10-13)12-16-18-7-8-20(16)15-5-3-2-4-6-15/h2-8,13-14H,9-12H2,1H3,(H,21,22). The van der Waals surface area contributed by atoms with E-state index in [0.717, 1.165) is 24.5 Å². The molecule has 0 amide bonds. The lowest BCUT2D eigenvalue weighted by atomic mass is 9.90. The molecular formula is C17H21N3O2. The number of carboxylic acid groups (broad SMARTS) is 1. The fourth-order valence-electron chi connectivity index (χ4n) is 3.24. The smallest absolute Gasteiger partial charge is 0.307 e. The Balaban J connectivity index is 1.76. The molecule has 1 N–H and O–H groups in total. The Hall–Kier alpha value is -2.14. The van der Waals surface area contributed by atoms with Crippen LogP contribution in [0.15, 0.2) is 42.7 Å². The fourth-order valence-corrected chi connectivity index (χ4v) is 3.24. The van der Waals surface area contributed by atoms with E-state index in [1.807, 2.05) is 36.5 Å². The molecule has 0 aliphatic carbocycles. The predicted octanol–water partition coefficient (Wildman–Crippen LogP) is 2.41. The topological polar surface area (TPSA) is 58.4 Å². The number of benzene rings is 1. The minimum atomic E-state index is -0.692. The number of carbonyl (C=O) groups is 1. The Morgan fingerprint density at radius 1 is 1.32 bits per heavy atom. The first-order chi connectivity index (χ1) is 10.6. The Labute approximate surface area is 130 Å². The lowest BCUT2D eigenvalue weighted by Crippen LogP contribution is -2.42. The third-order valence-corrected chi connectivity index (χ3v) is 4.20. The summed E-state index contributed by atoms with van der Waals surface area (Å²) in [5, 5.41) is 9.28. The van der Waals surface area contributed by atoms with Crippen molar-refractivity contribution >= 4 is 5.97 Å². The first-order valence-corrected chi connectivity index (χ1v) is 7.66. The van der Waals surface area contributed by atoms with Gasteiger partial charge in [0.05, 0.1) is 12.5 Å². The summed E-state index contributed by atoms with van der Waals surface area (Å²) in [5.41, 5.74) is 1.08. The van der Waals surface area contributed by atoms with Gasteiger partial charge in [-0.15, -0.1) is 0 Å². The zero-order chi connectivity index (χ0) is 15.5. The molecule has 2 aromatic rings. The Kier molecular flexibility index (Phi) is 4.24. The summed E-state index contributed by atoms with van der Waals surface area (Å²) in [4.78, 5) is 17.9. The number of imidazole rings is 1. The van der Waals surface area contributed by atoms with Gasteiger partial charge in [0.1, 0.15) is 5.82 Å². The molecule has 1 aromatic heterocycles. The van der Waals surface area contributed by atoms with Gasteiger partial charge in [-0.2, -0.15) is 0 Å². The average molecular weight is 299 g/mol. The van der Waals surface area contributed by atoms with Crippen LogP contribution in [-0.4, -0.2) is 38.6 Å². The van der Waals surface area contributed by atoms with E-state index in [-0.39, 0.29) is 5.92 Å². The van der Waals surface area contributed by atoms with Gasteiger partial charge in [-0.1, -0.05) is 25.1 Å². The lowest BCUT2D eigenvalue weighted by Gasteiger charge is -2.34. The third-order valence-electron chi connectivity index (χ3n) is 4.20. The number of nitrogens with zero attached hydrogens (tertiary/aromatic N) is 3. The molecule has 0 saturated carbocycles. The van der Waals surface area contributed by atoms with E-state index in [0.29, 0.717) is 19.0 Å². The summed E-state index contributed by atoms with van der Waals surface area (Å²) >= 11 is 0. The second-order valence-electron chi connectivity index (χ2n) is 6.12. The van der Waals surface area contributed by atoms with Crippen LogP contribution in [0.5, 0.6) is 0 Å². The molecule has 1 saturated heterocycles. The second-order valence-corrected chi connectivity index (χ2v) is 6.12. The van der Waals surface area contributed by atoms with Crippen LogP contribution in [0.3, 0.4) is 0 Å². The van der Waals surface area contributed by atoms with Gasteiger partial charge < -0.3 is 9.67 Å². The molecule has 1 aliphatic rings. The molecule has 22 heavy (non-hydrogen) atoms. The molecule has 5 nitrogen and oxygen atoms in total. The van der Waals surface area contributed by atoms with Crippen molar-refractivity contribution in [2.45, 2.75) is 19.9 Å². The summed E-state index contributed by atoms with van der Waals surface area (Å²) in [6.45, 7) is 4.31. The number of likely N-dealkylation sites (tertiary alicyclic amines) is 1. The third kappa shape index (κ3) is 3.20. The monoisotopic (exact) mass is 299 g/mol. The molecule has 0 bridgehead atoms. The maximum atomic E-state index is 11.3. The molecule has 3 rings (SSSR count). The van der Waals surface area contributed by atoms with E-state index in [4.69, 9.17) is 0 Å². The summed E-state index contributed by atoms with van der Waals surface area (Å²) < 4.78 is 2.06. The van der Waals surface area contributed by atoms with E-state index < -0.39 is 5.97 Å². The Bertz CT molecular complexity index is 638. The van der Waals surface area contributed by atoms with Crippen molar-refractivity contribution in [3.05, 3.63) is 48.5 Å². The summed E-state index contributed by atoms with van der Waals surface area (Å²) in [5.74, 6) is 0.381. The highest BCUT2D eigenvalue weighted by atomic mass is 16.4. The van der Waals surface area contributed by atoms with Crippen LogP contribution in [0, 0.1) is 11.8 Å². The number of aromatic nitrogens is 2. The molecule has 0 spiro atoms. The number of aliphatic carboxylic acids is 1. The Morgan fingerprint density at radius 3 is 2.82 bits per heavy atom. The number of piperidine rings is 1. The molecule has 0 radical (unpaired) electrons. The number of hydrogen-bond donors (Lipinski definition) is 1. The van der Waals surface area contributed by atoms with E-state index >= 15 is 0 Å². The minimum absolute atomic E-state index is 0.274. The van der Waals surface area contributed by atoms with Gasteiger partial charge in [-0.25, -0.2) is 4.98 Å². The van der Waals surface area contributed by atoms with Gasteiger partial charge in [0.15, 0.2) is 0 Å². The summed E-state index contributed by atoms with van der Waals surface area (Å²) in [7, 11) is 0. The van der Waals surface area contributed by atoms with Crippen LogP contribution < -0.4 is 0 Å². The number of hydrogen-bond acceptors (Lipinski definition) is 3. The highest BCUT2D eigenvalue weighted by molar-refractivity contribution is 5.70. The van der Waals surface area contributed by atoms with Gasteiger partial charge in [0.25, 0.3) is 0 Å². The molecule has 1 fully saturated rings. The van der Waals surface area contributed by atoms with Crippen LogP contribution in [0.4, 0.5) is 0 Å². The van der Waals surface area contributed by atoms with Crippen LogP contribution in [-0.2, 0) is 11.3 Å². The highest BCUT2D eigenvalue weighted by Crippen LogP contribution is 2.23. The van der Waals surface area contributed by atoms with Crippen molar-refractivity contribution in [3.8, 4) is 5.69 Å². The summed E-state index contributed by atoms with van der Waals surface area (Å²) in [6.07, 6.45) is 4.51. The molecule has 2 heterocycles. The van der Waals surface area contributed by atoms with Crippen LogP contribution in [0.1, 0.15) is 19.2 Å². The number of carboxylic acids is 1. The maximum Gasteiger partial charge on any atom is 0.307 e. The van der Waals surface area contributed by atoms with Crippen molar-refractivity contribution in [2.24, 2.45) is 11.8 Å². The van der Waals surface area contributed by atoms with Gasteiger partial charge in [0.2, 0.25) is 0 Å². The number of rotatable bonds is 4. The van der Waals surface area contributed by atoms with E-state index in [2.05, 4.69) is 21.4 Å². The first kappa shape index (κ1) is 14.8. The van der Waals surface area contributed by atoms with Crippen molar-refractivity contribution in [1.82, 2.24) is 14.5 Å². The molecule has 1 aromatic carbocycles. The number of para-hydroxylation sites is 1.